The van der Waals surface area contributed by atoms with Gasteiger partial charge in [0.15, 0.2) is 0 Å². The van der Waals surface area contributed by atoms with Crippen LogP contribution in [-0.4, -0.2) is 12.5 Å². The Labute approximate surface area is 111 Å². The zero-order chi connectivity index (χ0) is 13.4. The molecule has 0 aromatic heterocycles. The van der Waals surface area contributed by atoms with Gasteiger partial charge in [-0.15, -0.1) is 0 Å². The van der Waals surface area contributed by atoms with E-state index in [9.17, 15) is 8.78 Å². The van der Waals surface area contributed by atoms with Gasteiger partial charge in [-0.3, -0.25) is 0 Å². The molecule has 2 rings (SSSR count). The van der Waals surface area contributed by atoms with Crippen molar-refractivity contribution in [3.8, 4) is 0 Å². The molecular weight excluding hydrogens is 256 g/mol. The van der Waals surface area contributed by atoms with Gasteiger partial charge in [0.2, 0.25) is 5.92 Å². The van der Waals surface area contributed by atoms with Crippen molar-refractivity contribution in [1.29, 1.82) is 0 Å². The minimum absolute atomic E-state index is 0.0775. The molecule has 0 heterocycles. The van der Waals surface area contributed by atoms with Crippen molar-refractivity contribution >= 4 is 11.6 Å². The van der Waals surface area contributed by atoms with Gasteiger partial charge in [-0.1, -0.05) is 23.7 Å². The number of hydrogen-bond donors (Lipinski definition) is 1. The van der Waals surface area contributed by atoms with Crippen LogP contribution in [0.1, 0.15) is 36.8 Å². The van der Waals surface area contributed by atoms with Crippen molar-refractivity contribution in [2.24, 2.45) is 5.73 Å². The van der Waals surface area contributed by atoms with Crippen LogP contribution in [0.2, 0.25) is 5.02 Å². The lowest BCUT2D eigenvalue weighted by molar-refractivity contribution is -0.0509. The molecule has 0 atom stereocenters. The second kappa shape index (κ2) is 4.78. The van der Waals surface area contributed by atoms with E-state index in [4.69, 9.17) is 17.3 Å². The molecule has 4 heteroatoms. The summed E-state index contributed by atoms with van der Waals surface area (Å²) in [7, 11) is 0. The SMILES string of the molecule is Cc1cc(C2(CN)CCC(F)(F)CC2)ccc1Cl. The maximum atomic E-state index is 13.3. The van der Waals surface area contributed by atoms with Crippen LogP contribution < -0.4 is 5.73 Å². The Hall–Kier alpha value is -0.670. The molecule has 0 spiro atoms. The highest BCUT2D eigenvalue weighted by atomic mass is 35.5. The highest BCUT2D eigenvalue weighted by Gasteiger charge is 2.43. The summed E-state index contributed by atoms with van der Waals surface area (Å²) in [6.07, 6.45) is 0.729. The summed E-state index contributed by atoms with van der Waals surface area (Å²) in [5, 5.41) is 0.701. The fraction of sp³-hybridized carbons (Fsp3) is 0.571. The van der Waals surface area contributed by atoms with E-state index in [0.717, 1.165) is 11.1 Å². The van der Waals surface area contributed by atoms with Crippen molar-refractivity contribution in [3.63, 3.8) is 0 Å². The average molecular weight is 274 g/mol. The molecule has 1 aromatic rings. The van der Waals surface area contributed by atoms with E-state index in [-0.39, 0.29) is 18.3 Å². The number of rotatable bonds is 2. The molecule has 0 saturated heterocycles. The second-order valence-corrected chi connectivity index (χ2v) is 5.71. The molecule has 0 aliphatic heterocycles. The lowest BCUT2D eigenvalue weighted by atomic mass is 9.68. The largest absolute Gasteiger partial charge is 0.330 e. The van der Waals surface area contributed by atoms with Crippen LogP contribution in [-0.2, 0) is 5.41 Å². The van der Waals surface area contributed by atoms with Crippen LogP contribution in [0.15, 0.2) is 18.2 Å². The molecule has 1 nitrogen and oxygen atoms in total. The fourth-order valence-electron chi connectivity index (χ4n) is 2.68. The number of halogens is 3. The third-order valence-corrected chi connectivity index (χ3v) is 4.52. The van der Waals surface area contributed by atoms with Gasteiger partial charge in [0, 0.05) is 29.8 Å². The Balaban J connectivity index is 2.30. The molecule has 0 amide bonds. The maximum Gasteiger partial charge on any atom is 0.248 e. The second-order valence-electron chi connectivity index (χ2n) is 5.30. The minimum Gasteiger partial charge on any atom is -0.330 e. The molecule has 1 saturated carbocycles. The first-order valence-corrected chi connectivity index (χ1v) is 6.61. The summed E-state index contributed by atoms with van der Waals surface area (Å²) in [6.45, 7) is 2.33. The molecule has 0 bridgehead atoms. The molecule has 0 radical (unpaired) electrons. The van der Waals surface area contributed by atoms with Gasteiger partial charge in [-0.2, -0.15) is 0 Å². The highest BCUT2D eigenvalue weighted by molar-refractivity contribution is 6.31. The summed E-state index contributed by atoms with van der Waals surface area (Å²) in [5.74, 6) is -2.53. The van der Waals surface area contributed by atoms with Gasteiger partial charge in [-0.25, -0.2) is 8.78 Å². The van der Waals surface area contributed by atoms with Gasteiger partial charge in [0.05, 0.1) is 0 Å². The van der Waals surface area contributed by atoms with Crippen molar-refractivity contribution in [2.75, 3.05) is 6.54 Å². The smallest absolute Gasteiger partial charge is 0.248 e. The van der Waals surface area contributed by atoms with Gasteiger partial charge >= 0.3 is 0 Å². The number of benzene rings is 1. The molecule has 1 aliphatic carbocycles. The standard InChI is InChI=1S/C14H18ClF2N/c1-10-8-11(2-3-12(10)15)13(9-18)4-6-14(16,17)7-5-13/h2-3,8H,4-7,9,18H2,1H3. The molecule has 100 valence electrons. The van der Waals surface area contributed by atoms with E-state index in [1.165, 1.54) is 0 Å². The number of aryl methyl sites for hydroxylation is 1. The Morgan fingerprint density at radius 2 is 1.83 bits per heavy atom. The van der Waals surface area contributed by atoms with E-state index >= 15 is 0 Å². The van der Waals surface area contributed by atoms with Gasteiger partial charge in [0.1, 0.15) is 0 Å². The summed E-state index contributed by atoms with van der Waals surface area (Å²) in [4.78, 5) is 0. The van der Waals surface area contributed by atoms with E-state index in [1.54, 1.807) is 0 Å². The van der Waals surface area contributed by atoms with Crippen molar-refractivity contribution in [3.05, 3.63) is 34.3 Å². The van der Waals surface area contributed by atoms with Gasteiger partial charge in [0.25, 0.3) is 0 Å². The van der Waals surface area contributed by atoms with Crippen LogP contribution in [0.25, 0.3) is 0 Å². The third kappa shape index (κ3) is 2.52. The van der Waals surface area contributed by atoms with Crippen LogP contribution >= 0.6 is 11.6 Å². The van der Waals surface area contributed by atoms with Crippen molar-refractivity contribution in [2.45, 2.75) is 43.9 Å². The third-order valence-electron chi connectivity index (χ3n) is 4.10. The molecule has 2 N–H and O–H groups in total. The maximum absolute atomic E-state index is 13.3. The summed E-state index contributed by atoms with van der Waals surface area (Å²) in [5.41, 5.74) is 7.58. The number of nitrogens with two attached hydrogens (primary N) is 1. The zero-order valence-corrected chi connectivity index (χ0v) is 11.2. The molecule has 1 fully saturated rings. The Morgan fingerprint density at radius 3 is 2.33 bits per heavy atom. The quantitative estimate of drug-likeness (QED) is 0.864. The summed E-state index contributed by atoms with van der Waals surface area (Å²) < 4.78 is 26.6. The first kappa shape index (κ1) is 13.8. The monoisotopic (exact) mass is 273 g/mol. The summed E-state index contributed by atoms with van der Waals surface area (Å²) in [6, 6.07) is 5.74. The van der Waals surface area contributed by atoms with Crippen molar-refractivity contribution < 1.29 is 8.78 Å². The van der Waals surface area contributed by atoms with Crippen LogP contribution in [0.5, 0.6) is 0 Å². The van der Waals surface area contributed by atoms with E-state index in [2.05, 4.69) is 0 Å². The number of alkyl halides is 2. The fourth-order valence-corrected chi connectivity index (χ4v) is 2.80. The Morgan fingerprint density at radius 1 is 1.22 bits per heavy atom. The van der Waals surface area contributed by atoms with E-state index in [0.29, 0.717) is 24.4 Å². The number of hydrogen-bond acceptors (Lipinski definition) is 1. The normalized spacial score (nSPS) is 21.8. The lowest BCUT2D eigenvalue weighted by Crippen LogP contribution is -2.42. The minimum atomic E-state index is -2.53. The molecule has 18 heavy (non-hydrogen) atoms. The molecule has 0 unspecified atom stereocenters. The van der Waals surface area contributed by atoms with Crippen LogP contribution in [0, 0.1) is 6.92 Å². The van der Waals surface area contributed by atoms with Crippen molar-refractivity contribution in [1.82, 2.24) is 0 Å². The lowest BCUT2D eigenvalue weighted by Gasteiger charge is -2.40. The van der Waals surface area contributed by atoms with E-state index in [1.807, 2.05) is 25.1 Å². The average Bonchev–Trinajstić information content (AvgIpc) is 2.34. The van der Waals surface area contributed by atoms with Gasteiger partial charge in [-0.05, 0) is 37.0 Å². The van der Waals surface area contributed by atoms with Gasteiger partial charge < -0.3 is 5.73 Å². The molecular formula is C14H18ClF2N. The highest BCUT2D eigenvalue weighted by Crippen LogP contribution is 2.45. The predicted octanol–water partition coefficient (Wildman–Crippen LogP) is 4.05. The summed E-state index contributed by atoms with van der Waals surface area (Å²) >= 11 is 6.00. The molecule has 1 aromatic carbocycles. The first-order valence-electron chi connectivity index (χ1n) is 6.23. The Bertz CT molecular complexity index is 435. The zero-order valence-electron chi connectivity index (χ0n) is 10.5. The van der Waals surface area contributed by atoms with E-state index < -0.39 is 5.92 Å². The topological polar surface area (TPSA) is 26.0 Å². The predicted molar refractivity (Wildman–Crippen MR) is 70.3 cm³/mol. The van der Waals surface area contributed by atoms with Crippen LogP contribution in [0.3, 0.4) is 0 Å². The Kier molecular flexibility index (Phi) is 3.65. The first-order chi connectivity index (χ1) is 8.38. The van der Waals surface area contributed by atoms with Crippen LogP contribution in [0.4, 0.5) is 8.78 Å². The molecule has 1 aliphatic rings.